The van der Waals surface area contributed by atoms with Crippen LogP contribution in [0.15, 0.2) is 12.4 Å². The first-order valence-electron chi connectivity index (χ1n) is 4.38. The van der Waals surface area contributed by atoms with Crippen LogP contribution in [-0.2, 0) is 4.74 Å². The molecule has 5 nitrogen and oxygen atoms in total. The average Bonchev–Trinajstić information content (AvgIpc) is 2.43. The van der Waals surface area contributed by atoms with Crippen molar-refractivity contribution in [3.8, 4) is 11.8 Å². The second-order valence-corrected chi connectivity index (χ2v) is 4.06. The summed E-state index contributed by atoms with van der Waals surface area (Å²) in [7, 11) is 0. The quantitative estimate of drug-likeness (QED) is 0.705. The molecule has 1 N–H and O–H groups in total. The van der Waals surface area contributed by atoms with Crippen LogP contribution in [0.3, 0.4) is 0 Å². The molecule has 0 aliphatic rings. The van der Waals surface area contributed by atoms with Crippen molar-refractivity contribution in [1.82, 2.24) is 4.57 Å². The smallest absolute Gasteiger partial charge is 0.418 e. The molecule has 15 heavy (non-hydrogen) atoms. The van der Waals surface area contributed by atoms with E-state index in [9.17, 15) is 9.90 Å². The van der Waals surface area contributed by atoms with Crippen LogP contribution >= 0.6 is 0 Å². The van der Waals surface area contributed by atoms with Crippen molar-refractivity contribution in [3.63, 3.8) is 0 Å². The summed E-state index contributed by atoms with van der Waals surface area (Å²) in [5.74, 6) is -0.233. The Morgan fingerprint density at radius 1 is 1.53 bits per heavy atom. The number of carbonyl (C=O) groups excluding carboxylic acids is 1. The minimum absolute atomic E-state index is 0.0425. The number of aromatic nitrogens is 1. The lowest BCUT2D eigenvalue weighted by Crippen LogP contribution is -2.26. The third-order valence-electron chi connectivity index (χ3n) is 1.53. The fourth-order valence-corrected chi connectivity index (χ4v) is 0.950. The van der Waals surface area contributed by atoms with Gasteiger partial charge in [0.1, 0.15) is 17.2 Å². The fourth-order valence-electron chi connectivity index (χ4n) is 0.950. The molecule has 0 unspecified atom stereocenters. The standard InChI is InChI=1S/C10H12N2O3/c1-10(2,3)15-9(14)12-5-7(4-11)8(13)6-12/h5-6,13H,1-3H3. The van der Waals surface area contributed by atoms with Gasteiger partial charge in [0.2, 0.25) is 0 Å². The summed E-state index contributed by atoms with van der Waals surface area (Å²) in [6, 6.07) is 1.75. The van der Waals surface area contributed by atoms with E-state index < -0.39 is 11.7 Å². The van der Waals surface area contributed by atoms with Crippen LogP contribution in [0.2, 0.25) is 0 Å². The van der Waals surface area contributed by atoms with E-state index in [1.165, 1.54) is 6.20 Å². The molecule has 1 heterocycles. The Bertz CT molecular complexity index is 421. The zero-order valence-corrected chi connectivity index (χ0v) is 8.81. The summed E-state index contributed by atoms with van der Waals surface area (Å²) in [4.78, 5) is 11.5. The molecule has 0 fully saturated rings. The Labute approximate surface area is 87.5 Å². The van der Waals surface area contributed by atoms with Gasteiger partial charge in [-0.1, -0.05) is 0 Å². The number of nitriles is 1. The monoisotopic (exact) mass is 208 g/mol. The van der Waals surface area contributed by atoms with Gasteiger partial charge in [0, 0.05) is 6.20 Å². The summed E-state index contributed by atoms with van der Waals surface area (Å²) in [5, 5.41) is 17.8. The van der Waals surface area contributed by atoms with E-state index in [4.69, 9.17) is 10.00 Å². The molecule has 1 aromatic heterocycles. The summed E-state index contributed by atoms with van der Waals surface area (Å²) in [6.07, 6.45) is 1.75. The number of hydrogen-bond donors (Lipinski definition) is 1. The molecule has 0 atom stereocenters. The highest BCUT2D eigenvalue weighted by atomic mass is 16.6. The van der Waals surface area contributed by atoms with Crippen molar-refractivity contribution >= 4 is 6.09 Å². The first-order valence-corrected chi connectivity index (χ1v) is 4.38. The van der Waals surface area contributed by atoms with Crippen molar-refractivity contribution in [1.29, 1.82) is 5.26 Å². The van der Waals surface area contributed by atoms with E-state index in [2.05, 4.69) is 0 Å². The lowest BCUT2D eigenvalue weighted by molar-refractivity contribution is 0.0536. The maximum absolute atomic E-state index is 11.5. The predicted octanol–water partition coefficient (Wildman–Crippen LogP) is 1.85. The van der Waals surface area contributed by atoms with Crippen LogP contribution < -0.4 is 0 Å². The average molecular weight is 208 g/mol. The van der Waals surface area contributed by atoms with E-state index in [1.807, 2.05) is 0 Å². The third kappa shape index (κ3) is 2.74. The van der Waals surface area contributed by atoms with Crippen LogP contribution in [0.5, 0.6) is 5.75 Å². The second kappa shape index (κ2) is 3.65. The van der Waals surface area contributed by atoms with Crippen LogP contribution in [0.4, 0.5) is 4.79 Å². The molecule has 0 spiro atoms. The molecule has 0 aliphatic carbocycles. The van der Waals surface area contributed by atoms with Gasteiger partial charge in [0.25, 0.3) is 0 Å². The van der Waals surface area contributed by atoms with E-state index in [1.54, 1.807) is 26.8 Å². The molecular formula is C10H12N2O3. The topological polar surface area (TPSA) is 75.2 Å². The van der Waals surface area contributed by atoms with Gasteiger partial charge in [-0.3, -0.25) is 4.57 Å². The molecule has 1 aromatic rings. The predicted molar refractivity (Wildman–Crippen MR) is 52.4 cm³/mol. The van der Waals surface area contributed by atoms with Gasteiger partial charge < -0.3 is 9.84 Å². The highest BCUT2D eigenvalue weighted by Crippen LogP contribution is 2.18. The van der Waals surface area contributed by atoms with Gasteiger partial charge in [-0.15, -0.1) is 0 Å². The minimum atomic E-state index is -0.626. The Kier molecular flexibility index (Phi) is 2.71. The number of ether oxygens (including phenoxy) is 1. The fraction of sp³-hybridized carbons (Fsp3) is 0.400. The molecule has 5 heteroatoms. The molecule has 0 saturated heterocycles. The Balaban J connectivity index is 2.89. The summed E-state index contributed by atoms with van der Waals surface area (Å²) < 4.78 is 6.08. The normalized spacial score (nSPS) is 10.8. The molecule has 1 rings (SSSR count). The van der Waals surface area contributed by atoms with Crippen molar-refractivity contribution in [2.75, 3.05) is 0 Å². The van der Waals surface area contributed by atoms with Crippen molar-refractivity contribution in [2.45, 2.75) is 26.4 Å². The zero-order chi connectivity index (χ0) is 11.6. The second-order valence-electron chi connectivity index (χ2n) is 4.06. The lowest BCUT2D eigenvalue weighted by Gasteiger charge is -2.19. The van der Waals surface area contributed by atoms with Crippen LogP contribution in [-0.4, -0.2) is 21.4 Å². The molecule has 0 amide bonds. The van der Waals surface area contributed by atoms with Gasteiger partial charge in [-0.2, -0.15) is 5.26 Å². The first-order chi connectivity index (χ1) is 6.83. The number of aromatic hydroxyl groups is 1. The van der Waals surface area contributed by atoms with Gasteiger partial charge in [-0.05, 0) is 20.8 Å². The van der Waals surface area contributed by atoms with E-state index in [0.717, 1.165) is 10.8 Å². The van der Waals surface area contributed by atoms with E-state index in [-0.39, 0.29) is 11.3 Å². The van der Waals surface area contributed by atoms with Crippen molar-refractivity contribution in [2.24, 2.45) is 0 Å². The maximum atomic E-state index is 11.5. The molecule has 0 aliphatic heterocycles. The minimum Gasteiger partial charge on any atom is -0.505 e. The Morgan fingerprint density at radius 2 is 2.13 bits per heavy atom. The van der Waals surface area contributed by atoms with Gasteiger partial charge in [0.15, 0.2) is 5.75 Å². The third-order valence-corrected chi connectivity index (χ3v) is 1.53. The molecule has 0 bridgehead atoms. The van der Waals surface area contributed by atoms with Crippen LogP contribution in [0.25, 0.3) is 0 Å². The molecule has 0 radical (unpaired) electrons. The Morgan fingerprint density at radius 3 is 2.53 bits per heavy atom. The highest BCUT2D eigenvalue weighted by Gasteiger charge is 2.18. The highest BCUT2D eigenvalue weighted by molar-refractivity contribution is 5.72. The Hall–Kier alpha value is -1.96. The van der Waals surface area contributed by atoms with Crippen LogP contribution in [0.1, 0.15) is 26.3 Å². The SMILES string of the molecule is CC(C)(C)OC(=O)n1cc(O)c(C#N)c1. The van der Waals surface area contributed by atoms with Gasteiger partial charge in [0.05, 0.1) is 6.20 Å². The summed E-state index contributed by atoms with van der Waals surface area (Å²) in [6.45, 7) is 5.21. The lowest BCUT2D eigenvalue weighted by atomic mass is 10.2. The first kappa shape index (κ1) is 11.1. The maximum Gasteiger partial charge on any atom is 0.418 e. The van der Waals surface area contributed by atoms with Gasteiger partial charge >= 0.3 is 6.09 Å². The number of hydrogen-bond acceptors (Lipinski definition) is 4. The molecular weight excluding hydrogens is 196 g/mol. The van der Waals surface area contributed by atoms with Gasteiger partial charge in [-0.25, -0.2) is 4.79 Å². The molecule has 0 saturated carbocycles. The van der Waals surface area contributed by atoms with E-state index in [0.29, 0.717) is 0 Å². The van der Waals surface area contributed by atoms with Crippen LogP contribution in [0, 0.1) is 11.3 Å². The largest absolute Gasteiger partial charge is 0.505 e. The van der Waals surface area contributed by atoms with Crippen molar-refractivity contribution < 1.29 is 14.6 Å². The zero-order valence-electron chi connectivity index (χ0n) is 8.81. The number of rotatable bonds is 0. The summed E-state index contributed by atoms with van der Waals surface area (Å²) >= 11 is 0. The molecule has 0 aromatic carbocycles. The molecule has 80 valence electrons. The van der Waals surface area contributed by atoms with Crippen molar-refractivity contribution in [3.05, 3.63) is 18.0 Å². The summed E-state index contributed by atoms with van der Waals surface area (Å²) in [5.41, 5.74) is -0.565. The number of nitrogens with zero attached hydrogens (tertiary/aromatic N) is 2. The van der Waals surface area contributed by atoms with E-state index >= 15 is 0 Å². The number of carbonyl (C=O) groups is 1.